The molecule has 0 fully saturated rings. The summed E-state index contributed by atoms with van der Waals surface area (Å²) >= 11 is 1.70. The number of benzene rings is 1. The molecule has 20 heavy (non-hydrogen) atoms. The van der Waals surface area contributed by atoms with Crippen molar-refractivity contribution in [2.75, 3.05) is 6.54 Å². The molecule has 3 nitrogen and oxygen atoms in total. The molecule has 3 rings (SSSR count). The quantitative estimate of drug-likeness (QED) is 0.797. The van der Waals surface area contributed by atoms with Crippen LogP contribution in [0.4, 0.5) is 0 Å². The number of hydrogen-bond acceptors (Lipinski definition) is 4. The van der Waals surface area contributed by atoms with Gasteiger partial charge in [-0.1, -0.05) is 30.3 Å². The van der Waals surface area contributed by atoms with Crippen molar-refractivity contribution in [1.82, 2.24) is 9.97 Å². The molecule has 0 bridgehead atoms. The van der Waals surface area contributed by atoms with Crippen LogP contribution in [0.2, 0.25) is 0 Å². The Bertz CT molecular complexity index is 677. The van der Waals surface area contributed by atoms with Gasteiger partial charge in [0.25, 0.3) is 0 Å². The number of thiazole rings is 1. The Morgan fingerprint density at radius 2 is 1.80 bits per heavy atom. The van der Waals surface area contributed by atoms with Gasteiger partial charge in [0, 0.05) is 28.4 Å². The minimum absolute atomic E-state index is 0.633. The van der Waals surface area contributed by atoms with E-state index in [2.05, 4.69) is 17.1 Å². The largest absolute Gasteiger partial charge is 0.330 e. The van der Waals surface area contributed by atoms with Crippen molar-refractivity contribution in [2.24, 2.45) is 5.73 Å². The van der Waals surface area contributed by atoms with Crippen LogP contribution in [0.5, 0.6) is 0 Å². The van der Waals surface area contributed by atoms with Crippen molar-refractivity contribution in [3.63, 3.8) is 0 Å². The maximum atomic E-state index is 5.72. The highest BCUT2D eigenvalue weighted by Gasteiger charge is 2.13. The Morgan fingerprint density at radius 3 is 2.50 bits per heavy atom. The van der Waals surface area contributed by atoms with Gasteiger partial charge < -0.3 is 5.73 Å². The second-order valence-corrected chi connectivity index (χ2v) is 5.52. The highest BCUT2D eigenvalue weighted by atomic mass is 32.1. The molecule has 4 heteroatoms. The summed E-state index contributed by atoms with van der Waals surface area (Å²) in [7, 11) is 0. The van der Waals surface area contributed by atoms with Crippen molar-refractivity contribution in [2.45, 2.75) is 6.42 Å². The molecule has 0 aliphatic heterocycles. The van der Waals surface area contributed by atoms with Gasteiger partial charge >= 0.3 is 0 Å². The molecular weight excluding hydrogens is 266 g/mol. The average Bonchev–Trinajstić information content (AvgIpc) is 2.94. The molecule has 0 aliphatic carbocycles. The first-order chi connectivity index (χ1) is 9.88. The van der Waals surface area contributed by atoms with E-state index < -0.39 is 0 Å². The molecule has 0 radical (unpaired) electrons. The average molecular weight is 281 g/mol. The first kappa shape index (κ1) is 13.0. The van der Waals surface area contributed by atoms with Crippen LogP contribution in [0.25, 0.3) is 21.8 Å². The van der Waals surface area contributed by atoms with Crippen molar-refractivity contribution < 1.29 is 0 Å². The van der Waals surface area contributed by atoms with E-state index in [4.69, 9.17) is 10.7 Å². The van der Waals surface area contributed by atoms with E-state index in [9.17, 15) is 0 Å². The lowest BCUT2D eigenvalue weighted by atomic mass is 10.1. The Balaban J connectivity index is 2.08. The van der Waals surface area contributed by atoms with Crippen LogP contribution < -0.4 is 5.73 Å². The van der Waals surface area contributed by atoms with Gasteiger partial charge in [-0.05, 0) is 25.1 Å². The summed E-state index contributed by atoms with van der Waals surface area (Å²) in [6.45, 7) is 0.633. The Morgan fingerprint density at radius 1 is 1.00 bits per heavy atom. The normalized spacial score (nSPS) is 10.7. The Labute approximate surface area is 122 Å². The Hall–Kier alpha value is -2.04. The lowest BCUT2D eigenvalue weighted by Gasteiger charge is -2.00. The molecule has 0 aliphatic rings. The van der Waals surface area contributed by atoms with Crippen LogP contribution in [0.3, 0.4) is 0 Å². The van der Waals surface area contributed by atoms with Crippen LogP contribution in [0.1, 0.15) is 4.88 Å². The molecule has 2 heterocycles. The number of rotatable bonds is 4. The van der Waals surface area contributed by atoms with E-state index >= 15 is 0 Å². The standard InChI is InChI=1S/C16H15N3S/c17-9-8-14-15(12-5-2-1-3-6-12)19-16(20-14)13-7-4-10-18-11-13/h1-7,10-11H,8-9,17H2. The molecule has 3 aromatic rings. The summed E-state index contributed by atoms with van der Waals surface area (Å²) in [5, 5.41) is 1.00. The van der Waals surface area contributed by atoms with Gasteiger partial charge in [0.2, 0.25) is 0 Å². The second-order valence-electron chi connectivity index (χ2n) is 4.44. The van der Waals surface area contributed by atoms with Crippen LogP contribution >= 0.6 is 11.3 Å². The molecule has 1 aromatic carbocycles. The zero-order valence-corrected chi connectivity index (χ0v) is 11.8. The van der Waals surface area contributed by atoms with Crippen molar-refractivity contribution in [3.05, 3.63) is 59.7 Å². The van der Waals surface area contributed by atoms with Crippen LogP contribution in [0, 0.1) is 0 Å². The summed E-state index contributed by atoms with van der Waals surface area (Å²) in [4.78, 5) is 10.2. The highest BCUT2D eigenvalue weighted by molar-refractivity contribution is 7.15. The van der Waals surface area contributed by atoms with Crippen molar-refractivity contribution in [1.29, 1.82) is 0 Å². The summed E-state index contributed by atoms with van der Waals surface area (Å²) in [6.07, 6.45) is 4.47. The molecule has 0 unspecified atom stereocenters. The molecule has 0 saturated heterocycles. The van der Waals surface area contributed by atoms with E-state index in [0.29, 0.717) is 6.54 Å². The smallest absolute Gasteiger partial charge is 0.125 e. The third-order valence-corrected chi connectivity index (χ3v) is 4.19. The number of nitrogens with two attached hydrogens (primary N) is 1. The summed E-state index contributed by atoms with van der Waals surface area (Å²) in [5.74, 6) is 0. The summed E-state index contributed by atoms with van der Waals surface area (Å²) < 4.78 is 0. The van der Waals surface area contributed by atoms with E-state index in [1.807, 2.05) is 36.5 Å². The van der Waals surface area contributed by atoms with Gasteiger partial charge in [-0.15, -0.1) is 11.3 Å². The molecule has 2 aromatic heterocycles. The van der Waals surface area contributed by atoms with Crippen LogP contribution in [0.15, 0.2) is 54.9 Å². The van der Waals surface area contributed by atoms with E-state index in [0.717, 1.165) is 28.2 Å². The topological polar surface area (TPSA) is 51.8 Å². The number of aromatic nitrogens is 2. The lowest BCUT2D eigenvalue weighted by Crippen LogP contribution is -2.02. The molecule has 0 spiro atoms. The first-order valence-electron chi connectivity index (χ1n) is 6.54. The monoisotopic (exact) mass is 281 g/mol. The zero-order chi connectivity index (χ0) is 13.8. The van der Waals surface area contributed by atoms with E-state index in [1.165, 1.54) is 4.88 Å². The van der Waals surface area contributed by atoms with Gasteiger partial charge in [-0.3, -0.25) is 4.98 Å². The minimum atomic E-state index is 0.633. The van der Waals surface area contributed by atoms with Crippen molar-refractivity contribution >= 4 is 11.3 Å². The summed E-state index contributed by atoms with van der Waals surface area (Å²) in [6, 6.07) is 14.2. The second kappa shape index (κ2) is 5.94. The van der Waals surface area contributed by atoms with Gasteiger partial charge in [-0.2, -0.15) is 0 Å². The van der Waals surface area contributed by atoms with Gasteiger partial charge in [0.1, 0.15) is 5.01 Å². The lowest BCUT2D eigenvalue weighted by molar-refractivity contribution is 0.986. The first-order valence-corrected chi connectivity index (χ1v) is 7.35. The molecule has 100 valence electrons. The summed E-state index contributed by atoms with van der Waals surface area (Å²) in [5.41, 5.74) is 8.96. The fourth-order valence-corrected chi connectivity index (χ4v) is 3.18. The third-order valence-electron chi connectivity index (χ3n) is 3.02. The number of hydrogen-bond donors (Lipinski definition) is 1. The van der Waals surface area contributed by atoms with E-state index in [1.54, 1.807) is 17.5 Å². The molecular formula is C16H15N3S. The minimum Gasteiger partial charge on any atom is -0.330 e. The van der Waals surface area contributed by atoms with Gasteiger partial charge in [0.05, 0.1) is 5.69 Å². The van der Waals surface area contributed by atoms with Gasteiger partial charge in [-0.25, -0.2) is 4.98 Å². The molecule has 2 N–H and O–H groups in total. The highest BCUT2D eigenvalue weighted by Crippen LogP contribution is 2.33. The predicted molar refractivity (Wildman–Crippen MR) is 83.5 cm³/mol. The maximum Gasteiger partial charge on any atom is 0.125 e. The number of pyridine rings is 1. The molecule has 0 amide bonds. The fourth-order valence-electron chi connectivity index (χ4n) is 2.09. The van der Waals surface area contributed by atoms with Crippen LogP contribution in [-0.4, -0.2) is 16.5 Å². The van der Waals surface area contributed by atoms with Crippen LogP contribution in [-0.2, 0) is 6.42 Å². The maximum absolute atomic E-state index is 5.72. The fraction of sp³-hybridized carbons (Fsp3) is 0.125. The zero-order valence-electron chi connectivity index (χ0n) is 11.0. The number of nitrogens with zero attached hydrogens (tertiary/aromatic N) is 2. The molecule has 0 atom stereocenters. The predicted octanol–water partition coefficient (Wildman–Crippen LogP) is 3.37. The third kappa shape index (κ3) is 2.61. The van der Waals surface area contributed by atoms with Gasteiger partial charge in [0.15, 0.2) is 0 Å². The van der Waals surface area contributed by atoms with E-state index in [-0.39, 0.29) is 0 Å². The Kier molecular flexibility index (Phi) is 3.85. The molecule has 0 saturated carbocycles. The van der Waals surface area contributed by atoms with Crippen molar-refractivity contribution in [3.8, 4) is 21.8 Å². The SMILES string of the molecule is NCCc1sc(-c2cccnc2)nc1-c1ccccc1.